The number of rotatable bonds is 3. The molecule has 0 bridgehead atoms. The van der Waals surface area contributed by atoms with E-state index in [1.807, 2.05) is 42.5 Å². The Morgan fingerprint density at radius 2 is 1.57 bits per heavy atom. The molecule has 0 atom stereocenters. The topological polar surface area (TPSA) is 78.2 Å². The monoisotopic (exact) mass is 389 g/mol. The summed E-state index contributed by atoms with van der Waals surface area (Å²) in [4.78, 5) is 12.6. The molecule has 0 saturated carbocycles. The number of para-hydroxylation sites is 1. The molecule has 2 aromatic carbocycles. The summed E-state index contributed by atoms with van der Waals surface area (Å²) in [6.45, 7) is 0. The quantitative estimate of drug-likeness (QED) is 0.468. The molecule has 0 aliphatic heterocycles. The van der Waals surface area contributed by atoms with E-state index in [4.69, 9.17) is 16.0 Å². The number of nitrogens with zero attached hydrogens (tertiary/aromatic N) is 5. The van der Waals surface area contributed by atoms with E-state index >= 15 is 0 Å². The van der Waals surface area contributed by atoms with E-state index in [2.05, 4.69) is 15.3 Å². The number of halogens is 1. The van der Waals surface area contributed by atoms with E-state index in [0.29, 0.717) is 33.7 Å². The molecule has 0 fully saturated rings. The van der Waals surface area contributed by atoms with Gasteiger partial charge in [0, 0.05) is 22.3 Å². The van der Waals surface area contributed by atoms with Crippen LogP contribution in [0.25, 0.3) is 34.2 Å². The second-order valence-corrected chi connectivity index (χ2v) is 6.53. The lowest BCUT2D eigenvalue weighted by molar-refractivity contribution is 0.584. The molecule has 0 unspecified atom stereocenters. The Balaban J connectivity index is 1.56. The van der Waals surface area contributed by atoms with Crippen molar-refractivity contribution in [2.24, 2.45) is 0 Å². The molecule has 5 aromatic rings. The highest BCUT2D eigenvalue weighted by Crippen LogP contribution is 2.25. The molecule has 0 aliphatic carbocycles. The molecular formula is C20H12ClN5O2. The maximum atomic E-state index is 12.6. The van der Waals surface area contributed by atoms with Gasteiger partial charge in [-0.3, -0.25) is 0 Å². The summed E-state index contributed by atoms with van der Waals surface area (Å²) in [6.07, 6.45) is 1.64. The molecule has 0 radical (unpaired) electrons. The van der Waals surface area contributed by atoms with E-state index in [1.165, 1.54) is 9.08 Å². The van der Waals surface area contributed by atoms with Crippen molar-refractivity contribution in [3.63, 3.8) is 0 Å². The van der Waals surface area contributed by atoms with Crippen molar-refractivity contribution in [2.75, 3.05) is 0 Å². The van der Waals surface area contributed by atoms with Crippen LogP contribution in [0, 0.1) is 0 Å². The summed E-state index contributed by atoms with van der Waals surface area (Å²) >= 11 is 5.91. The van der Waals surface area contributed by atoms with Gasteiger partial charge >= 0.3 is 5.69 Å². The first kappa shape index (κ1) is 16.5. The highest BCUT2D eigenvalue weighted by molar-refractivity contribution is 6.30. The van der Waals surface area contributed by atoms with E-state index in [0.717, 1.165) is 5.56 Å². The Morgan fingerprint density at radius 3 is 2.32 bits per heavy atom. The molecule has 8 heteroatoms. The van der Waals surface area contributed by atoms with Crippen molar-refractivity contribution in [3.8, 4) is 28.6 Å². The molecule has 0 amide bonds. The Morgan fingerprint density at radius 1 is 0.857 bits per heavy atom. The van der Waals surface area contributed by atoms with Crippen molar-refractivity contribution in [2.45, 2.75) is 0 Å². The lowest BCUT2D eigenvalue weighted by atomic mass is 10.2. The average Bonchev–Trinajstić information content (AvgIpc) is 3.34. The molecule has 5 rings (SSSR count). The van der Waals surface area contributed by atoms with E-state index in [9.17, 15) is 4.79 Å². The number of hydrogen-bond acceptors (Lipinski definition) is 5. The third kappa shape index (κ3) is 2.78. The zero-order valence-corrected chi connectivity index (χ0v) is 15.1. The Hall–Kier alpha value is -3.71. The fourth-order valence-corrected chi connectivity index (χ4v) is 3.02. The van der Waals surface area contributed by atoms with Crippen molar-refractivity contribution in [1.29, 1.82) is 0 Å². The van der Waals surface area contributed by atoms with Gasteiger partial charge in [0.1, 0.15) is 0 Å². The van der Waals surface area contributed by atoms with Crippen LogP contribution in [0.5, 0.6) is 0 Å². The van der Waals surface area contributed by atoms with E-state index in [-0.39, 0.29) is 5.69 Å². The lowest BCUT2D eigenvalue weighted by Gasteiger charge is -1.96. The predicted molar refractivity (Wildman–Crippen MR) is 105 cm³/mol. The van der Waals surface area contributed by atoms with Crippen LogP contribution in [0.1, 0.15) is 0 Å². The van der Waals surface area contributed by atoms with Crippen LogP contribution in [0.3, 0.4) is 0 Å². The number of hydrogen-bond donors (Lipinski definition) is 0. The van der Waals surface area contributed by atoms with Gasteiger partial charge in [-0.25, -0.2) is 9.20 Å². The predicted octanol–water partition coefficient (Wildman–Crippen LogP) is 3.86. The van der Waals surface area contributed by atoms with E-state index in [1.54, 1.807) is 30.5 Å². The molecule has 3 aromatic heterocycles. The van der Waals surface area contributed by atoms with Gasteiger partial charge in [0.05, 0.1) is 5.69 Å². The van der Waals surface area contributed by atoms with Crippen LogP contribution in [0.2, 0.25) is 5.02 Å². The van der Waals surface area contributed by atoms with Crippen molar-refractivity contribution in [1.82, 2.24) is 24.4 Å². The molecule has 136 valence electrons. The maximum absolute atomic E-state index is 12.6. The van der Waals surface area contributed by atoms with Crippen LogP contribution >= 0.6 is 11.6 Å². The lowest BCUT2D eigenvalue weighted by Crippen LogP contribution is -2.19. The Kier molecular flexibility index (Phi) is 3.80. The minimum atomic E-state index is -0.250. The summed E-state index contributed by atoms with van der Waals surface area (Å²) in [5.74, 6) is 0.730. The van der Waals surface area contributed by atoms with Crippen molar-refractivity contribution in [3.05, 3.63) is 88.4 Å². The smallest absolute Gasteiger partial charge is 0.355 e. The van der Waals surface area contributed by atoms with Crippen molar-refractivity contribution >= 4 is 17.2 Å². The van der Waals surface area contributed by atoms with Crippen LogP contribution < -0.4 is 5.69 Å². The van der Waals surface area contributed by atoms with Crippen LogP contribution in [-0.2, 0) is 0 Å². The van der Waals surface area contributed by atoms with Gasteiger partial charge < -0.3 is 4.42 Å². The van der Waals surface area contributed by atoms with Gasteiger partial charge in [0.15, 0.2) is 5.65 Å². The first-order valence-corrected chi connectivity index (χ1v) is 8.83. The second kappa shape index (κ2) is 6.47. The van der Waals surface area contributed by atoms with Gasteiger partial charge in [0.2, 0.25) is 11.8 Å². The number of pyridine rings is 1. The van der Waals surface area contributed by atoms with Gasteiger partial charge in [0.25, 0.3) is 0 Å². The minimum absolute atomic E-state index is 0.250. The molecule has 0 N–H and O–H groups in total. The summed E-state index contributed by atoms with van der Waals surface area (Å²) in [5, 5.41) is 13.2. The fourth-order valence-electron chi connectivity index (χ4n) is 2.89. The summed E-state index contributed by atoms with van der Waals surface area (Å²) in [6, 6.07) is 19.9. The SMILES string of the molecule is O=c1n(-c2ccccc2)nc2cc(-c3nnc(-c4ccc(Cl)cc4)o3)ccn12. The first-order chi connectivity index (χ1) is 13.7. The maximum Gasteiger partial charge on any atom is 0.355 e. The third-order valence-corrected chi connectivity index (χ3v) is 4.54. The molecule has 3 heterocycles. The van der Waals surface area contributed by atoms with Gasteiger partial charge in [-0.2, -0.15) is 4.68 Å². The zero-order chi connectivity index (χ0) is 19.1. The highest BCUT2D eigenvalue weighted by Gasteiger charge is 2.14. The molecule has 7 nitrogen and oxygen atoms in total. The molecule has 0 spiro atoms. The van der Waals surface area contributed by atoms with E-state index < -0.39 is 0 Å². The summed E-state index contributed by atoms with van der Waals surface area (Å²) < 4.78 is 8.60. The standard InChI is InChI=1S/C20H12ClN5O2/c21-15-8-6-13(7-9-15)18-22-23-19(28-18)14-10-11-25-17(12-14)24-26(20(25)27)16-4-2-1-3-5-16/h1-12H. The normalized spacial score (nSPS) is 11.2. The molecular weight excluding hydrogens is 378 g/mol. The van der Waals surface area contributed by atoms with Crippen LogP contribution in [0.4, 0.5) is 0 Å². The third-order valence-electron chi connectivity index (χ3n) is 4.29. The van der Waals surface area contributed by atoms with Gasteiger partial charge in [-0.1, -0.05) is 29.8 Å². The van der Waals surface area contributed by atoms with Crippen LogP contribution in [-0.4, -0.2) is 24.4 Å². The number of benzene rings is 2. The van der Waals surface area contributed by atoms with Gasteiger partial charge in [-0.15, -0.1) is 15.3 Å². The largest absolute Gasteiger partial charge is 0.416 e. The minimum Gasteiger partial charge on any atom is -0.416 e. The first-order valence-electron chi connectivity index (χ1n) is 8.46. The second-order valence-electron chi connectivity index (χ2n) is 6.09. The molecule has 0 aliphatic rings. The van der Waals surface area contributed by atoms with Gasteiger partial charge in [-0.05, 0) is 48.5 Å². The highest BCUT2D eigenvalue weighted by atomic mass is 35.5. The average molecular weight is 390 g/mol. The Bertz CT molecular complexity index is 1340. The number of fused-ring (bicyclic) bond motifs is 1. The molecule has 28 heavy (non-hydrogen) atoms. The Labute approximate surface area is 163 Å². The zero-order valence-electron chi connectivity index (χ0n) is 14.4. The number of aromatic nitrogens is 5. The van der Waals surface area contributed by atoms with Crippen molar-refractivity contribution < 1.29 is 4.42 Å². The molecule has 0 saturated heterocycles. The summed E-state index contributed by atoms with van der Waals surface area (Å²) in [7, 11) is 0. The fraction of sp³-hybridized carbons (Fsp3) is 0. The van der Waals surface area contributed by atoms with Crippen LogP contribution in [0.15, 0.2) is 82.1 Å². The summed E-state index contributed by atoms with van der Waals surface area (Å²) in [5.41, 5.74) is 2.37.